The quantitative estimate of drug-likeness (QED) is 0.665. The molecule has 1 atom stereocenters. The molecule has 2 rings (SSSR count). The molecule has 6 nitrogen and oxygen atoms in total. The van der Waals surface area contributed by atoms with Gasteiger partial charge in [0.15, 0.2) is 0 Å². The number of carbonyl (C=O) groups excluding carboxylic acids is 1. The molecule has 0 fully saturated rings. The Labute approximate surface area is 167 Å². The molecule has 0 saturated heterocycles. The molecule has 1 unspecified atom stereocenters. The number of aryl methyl sites for hydroxylation is 1. The van der Waals surface area contributed by atoms with Crippen LogP contribution in [0.5, 0.6) is 0 Å². The highest BCUT2D eigenvalue weighted by molar-refractivity contribution is 7.89. The summed E-state index contributed by atoms with van der Waals surface area (Å²) in [5.74, 6) is 1.88. The topological polar surface area (TPSA) is 78.5 Å². The molecule has 0 spiro atoms. The molecule has 2 aromatic carbocycles. The maximum absolute atomic E-state index is 12.6. The van der Waals surface area contributed by atoms with Gasteiger partial charge in [-0.1, -0.05) is 41.8 Å². The summed E-state index contributed by atoms with van der Waals surface area (Å²) < 4.78 is 26.7. The first-order chi connectivity index (χ1) is 13.2. The van der Waals surface area contributed by atoms with Gasteiger partial charge in [-0.05, 0) is 44.8 Å². The number of nitrogens with zero attached hydrogens (tertiary/aromatic N) is 1. The van der Waals surface area contributed by atoms with Crippen LogP contribution in [0.25, 0.3) is 0 Å². The Hall–Kier alpha value is -2.66. The van der Waals surface area contributed by atoms with E-state index in [1.807, 2.05) is 50.2 Å². The summed E-state index contributed by atoms with van der Waals surface area (Å²) in [5.41, 5.74) is 2.53. The summed E-state index contributed by atoms with van der Waals surface area (Å²) in [7, 11) is 0.140. The number of carbonyl (C=O) groups is 1. The van der Waals surface area contributed by atoms with Gasteiger partial charge >= 0.3 is 0 Å². The minimum Gasteiger partial charge on any atom is -0.350 e. The van der Waals surface area contributed by atoms with Crippen LogP contribution in [0.4, 0.5) is 0 Å². The number of nitrogens with one attached hydrogen (secondary N) is 2. The Morgan fingerprint density at radius 2 is 1.86 bits per heavy atom. The monoisotopic (exact) mass is 399 g/mol. The number of hydrogen-bond acceptors (Lipinski definition) is 4. The molecular weight excluding hydrogens is 374 g/mol. The zero-order valence-corrected chi connectivity index (χ0v) is 17.1. The molecule has 0 radical (unpaired) electrons. The molecule has 0 aromatic heterocycles. The lowest BCUT2D eigenvalue weighted by atomic mass is 10.0. The average Bonchev–Trinajstić information content (AvgIpc) is 2.67. The maximum Gasteiger partial charge on any atom is 0.251 e. The van der Waals surface area contributed by atoms with Crippen molar-refractivity contribution in [2.24, 2.45) is 0 Å². The third kappa shape index (κ3) is 5.67. The van der Waals surface area contributed by atoms with Gasteiger partial charge in [0, 0.05) is 12.1 Å². The second-order valence-electron chi connectivity index (χ2n) is 6.66. The Kier molecular flexibility index (Phi) is 7.35. The van der Waals surface area contributed by atoms with Gasteiger partial charge in [-0.25, -0.2) is 8.42 Å². The molecule has 7 heteroatoms. The van der Waals surface area contributed by atoms with Crippen molar-refractivity contribution >= 4 is 15.9 Å². The first-order valence-electron chi connectivity index (χ1n) is 8.79. The average molecular weight is 400 g/mol. The molecular formula is C21H25N3O3S. The van der Waals surface area contributed by atoms with Gasteiger partial charge in [0.2, 0.25) is 10.0 Å². The number of rotatable bonds is 8. The van der Waals surface area contributed by atoms with Gasteiger partial charge in [-0.15, -0.1) is 6.42 Å². The summed E-state index contributed by atoms with van der Waals surface area (Å²) in [4.78, 5) is 14.6. The van der Waals surface area contributed by atoms with E-state index in [0.717, 1.165) is 5.56 Å². The van der Waals surface area contributed by atoms with Crippen molar-refractivity contribution in [2.75, 3.05) is 27.2 Å². The number of sulfonamides is 1. The van der Waals surface area contributed by atoms with E-state index in [-0.39, 0.29) is 29.0 Å². The first kappa shape index (κ1) is 21.6. The van der Waals surface area contributed by atoms with Crippen molar-refractivity contribution in [2.45, 2.75) is 17.9 Å². The highest BCUT2D eigenvalue weighted by atomic mass is 32.2. The second kappa shape index (κ2) is 9.51. The lowest BCUT2D eigenvalue weighted by Crippen LogP contribution is -2.34. The highest BCUT2D eigenvalue weighted by Gasteiger charge is 2.18. The van der Waals surface area contributed by atoms with Crippen molar-refractivity contribution in [3.05, 3.63) is 65.2 Å². The van der Waals surface area contributed by atoms with Gasteiger partial charge in [0.25, 0.3) is 5.91 Å². The minimum absolute atomic E-state index is 0.00176. The molecule has 1 amide bonds. The Balaban J connectivity index is 2.13. The van der Waals surface area contributed by atoms with Crippen LogP contribution in [-0.2, 0) is 10.0 Å². The summed E-state index contributed by atoms with van der Waals surface area (Å²) in [6.45, 7) is 2.30. The molecule has 0 aliphatic heterocycles. The van der Waals surface area contributed by atoms with E-state index in [9.17, 15) is 13.2 Å². The minimum atomic E-state index is -3.75. The fraction of sp³-hybridized carbons (Fsp3) is 0.286. The molecule has 2 N–H and O–H groups in total. The zero-order chi connectivity index (χ0) is 20.7. The van der Waals surface area contributed by atoms with E-state index in [1.54, 1.807) is 6.07 Å². The molecule has 0 bridgehead atoms. The van der Waals surface area contributed by atoms with Crippen LogP contribution >= 0.6 is 0 Å². The van der Waals surface area contributed by atoms with Gasteiger partial charge in [0.05, 0.1) is 17.5 Å². The van der Waals surface area contributed by atoms with Gasteiger partial charge < -0.3 is 10.2 Å². The van der Waals surface area contributed by atoms with Crippen LogP contribution in [0.3, 0.4) is 0 Å². The normalized spacial score (nSPS) is 12.4. The van der Waals surface area contributed by atoms with Crippen LogP contribution < -0.4 is 10.0 Å². The Morgan fingerprint density at radius 1 is 1.18 bits per heavy atom. The number of terminal acetylenes is 1. The van der Waals surface area contributed by atoms with Crippen molar-refractivity contribution in [1.29, 1.82) is 0 Å². The van der Waals surface area contributed by atoms with Crippen LogP contribution in [0, 0.1) is 19.3 Å². The first-order valence-corrected chi connectivity index (χ1v) is 10.3. The number of benzene rings is 2. The van der Waals surface area contributed by atoms with E-state index in [1.165, 1.54) is 23.8 Å². The predicted molar refractivity (Wildman–Crippen MR) is 110 cm³/mol. The van der Waals surface area contributed by atoms with Crippen molar-refractivity contribution in [3.63, 3.8) is 0 Å². The molecule has 0 aliphatic carbocycles. The van der Waals surface area contributed by atoms with Gasteiger partial charge in [0.1, 0.15) is 0 Å². The summed E-state index contributed by atoms with van der Waals surface area (Å²) in [6, 6.07) is 14.0. The molecule has 0 heterocycles. The van der Waals surface area contributed by atoms with Crippen molar-refractivity contribution in [1.82, 2.24) is 14.9 Å². The third-order valence-corrected chi connectivity index (χ3v) is 5.71. The second-order valence-corrected chi connectivity index (χ2v) is 8.42. The molecule has 28 heavy (non-hydrogen) atoms. The van der Waals surface area contributed by atoms with Gasteiger partial charge in [-0.2, -0.15) is 4.72 Å². The van der Waals surface area contributed by atoms with E-state index in [4.69, 9.17) is 6.42 Å². The molecule has 2 aromatic rings. The van der Waals surface area contributed by atoms with E-state index >= 15 is 0 Å². The number of amides is 1. The third-order valence-electron chi connectivity index (χ3n) is 4.31. The standard InChI is InChI=1S/C21H25N3O3S/c1-5-13-23-28(26,27)19-8-6-7-18(14-19)21(25)22-15-20(24(3)4)17-11-9-16(2)10-12-17/h1,6-12,14,20,23H,13,15H2,2-4H3,(H,22,25). The largest absolute Gasteiger partial charge is 0.350 e. The highest BCUT2D eigenvalue weighted by Crippen LogP contribution is 2.18. The zero-order valence-electron chi connectivity index (χ0n) is 16.3. The van der Waals surface area contributed by atoms with Crippen molar-refractivity contribution < 1.29 is 13.2 Å². The van der Waals surface area contributed by atoms with E-state index in [0.29, 0.717) is 6.54 Å². The fourth-order valence-corrected chi connectivity index (χ4v) is 3.68. The lowest BCUT2D eigenvalue weighted by Gasteiger charge is -2.25. The van der Waals surface area contributed by atoms with Crippen molar-refractivity contribution in [3.8, 4) is 12.3 Å². The summed E-state index contributed by atoms with van der Waals surface area (Å²) in [6.07, 6.45) is 5.10. The smallest absolute Gasteiger partial charge is 0.251 e. The SMILES string of the molecule is C#CCNS(=O)(=O)c1cccc(C(=O)NCC(c2ccc(C)cc2)N(C)C)c1. The van der Waals surface area contributed by atoms with E-state index in [2.05, 4.69) is 16.0 Å². The van der Waals surface area contributed by atoms with E-state index < -0.39 is 10.0 Å². The van der Waals surface area contributed by atoms with Crippen LogP contribution in [-0.4, -0.2) is 46.4 Å². The van der Waals surface area contributed by atoms with Gasteiger partial charge in [-0.3, -0.25) is 4.79 Å². The molecule has 0 saturated carbocycles. The van der Waals surface area contributed by atoms with Crippen LogP contribution in [0.15, 0.2) is 53.4 Å². The number of likely N-dealkylation sites (N-methyl/N-ethyl adjacent to an activating group) is 1. The summed E-state index contributed by atoms with van der Waals surface area (Å²) in [5, 5.41) is 2.89. The Bertz CT molecular complexity index is 961. The molecule has 148 valence electrons. The van der Waals surface area contributed by atoms with Crippen LogP contribution in [0.2, 0.25) is 0 Å². The predicted octanol–water partition coefficient (Wildman–Crippen LogP) is 1.94. The maximum atomic E-state index is 12.6. The summed E-state index contributed by atoms with van der Waals surface area (Å²) >= 11 is 0. The Morgan fingerprint density at radius 3 is 2.46 bits per heavy atom. The number of hydrogen-bond donors (Lipinski definition) is 2. The molecule has 0 aliphatic rings. The lowest BCUT2D eigenvalue weighted by molar-refractivity contribution is 0.0941. The van der Waals surface area contributed by atoms with Crippen LogP contribution in [0.1, 0.15) is 27.5 Å². The fourth-order valence-electron chi connectivity index (χ4n) is 2.70.